The SMILES string of the molecule is C[C@H]1OCCN[C@@H]1C(=O)N1CCC(NC(=O)c2ccc(F)cc2)CC1.Cl. The number of likely N-dealkylation sites (tertiary alicyclic amines) is 1. The molecule has 3 rings (SSSR count). The Morgan fingerprint density at radius 2 is 1.88 bits per heavy atom. The Morgan fingerprint density at radius 1 is 1.23 bits per heavy atom. The molecule has 2 heterocycles. The monoisotopic (exact) mass is 385 g/mol. The van der Waals surface area contributed by atoms with Crippen molar-refractivity contribution in [2.75, 3.05) is 26.2 Å². The normalized spacial score (nSPS) is 23.8. The first-order valence-electron chi connectivity index (χ1n) is 8.75. The number of benzene rings is 1. The van der Waals surface area contributed by atoms with Crippen molar-refractivity contribution in [2.24, 2.45) is 0 Å². The number of carbonyl (C=O) groups is 2. The van der Waals surface area contributed by atoms with Crippen LogP contribution in [-0.2, 0) is 9.53 Å². The van der Waals surface area contributed by atoms with Crippen molar-refractivity contribution in [2.45, 2.75) is 38.0 Å². The molecule has 0 unspecified atom stereocenters. The molecule has 0 radical (unpaired) electrons. The Labute approximate surface area is 158 Å². The summed E-state index contributed by atoms with van der Waals surface area (Å²) in [5.41, 5.74) is 0.442. The number of rotatable bonds is 3. The van der Waals surface area contributed by atoms with Gasteiger partial charge in [-0.25, -0.2) is 4.39 Å². The first-order chi connectivity index (χ1) is 12.0. The van der Waals surface area contributed by atoms with Gasteiger partial charge in [-0.15, -0.1) is 12.4 Å². The Balaban J connectivity index is 0.00000243. The van der Waals surface area contributed by atoms with Crippen molar-refractivity contribution >= 4 is 24.2 Å². The number of halogens is 2. The van der Waals surface area contributed by atoms with Crippen LogP contribution in [0.5, 0.6) is 0 Å². The Kier molecular flexibility index (Phi) is 7.37. The molecule has 1 aromatic rings. The molecule has 0 saturated carbocycles. The highest BCUT2D eigenvalue weighted by molar-refractivity contribution is 5.94. The molecule has 2 N–H and O–H groups in total. The second-order valence-electron chi connectivity index (χ2n) is 6.59. The lowest BCUT2D eigenvalue weighted by atomic mass is 10.0. The van der Waals surface area contributed by atoms with Crippen LogP contribution in [0.15, 0.2) is 24.3 Å². The van der Waals surface area contributed by atoms with E-state index < -0.39 is 0 Å². The highest BCUT2D eigenvalue weighted by Crippen LogP contribution is 2.15. The van der Waals surface area contributed by atoms with Crippen LogP contribution in [0.25, 0.3) is 0 Å². The molecule has 2 aliphatic heterocycles. The molecule has 0 bridgehead atoms. The zero-order chi connectivity index (χ0) is 17.8. The molecule has 1 aromatic carbocycles. The van der Waals surface area contributed by atoms with E-state index in [2.05, 4.69) is 10.6 Å². The van der Waals surface area contributed by atoms with Gasteiger partial charge in [0, 0.05) is 31.2 Å². The van der Waals surface area contributed by atoms with Crippen LogP contribution >= 0.6 is 12.4 Å². The molecule has 0 aliphatic carbocycles. The summed E-state index contributed by atoms with van der Waals surface area (Å²) in [5.74, 6) is -0.505. The first kappa shape index (κ1) is 20.6. The van der Waals surface area contributed by atoms with Gasteiger partial charge in [-0.2, -0.15) is 0 Å². The molecular formula is C18H25ClFN3O3. The maximum Gasteiger partial charge on any atom is 0.251 e. The third-order valence-electron chi connectivity index (χ3n) is 4.83. The molecule has 26 heavy (non-hydrogen) atoms. The van der Waals surface area contributed by atoms with E-state index >= 15 is 0 Å². The van der Waals surface area contributed by atoms with E-state index in [1.807, 2.05) is 11.8 Å². The summed E-state index contributed by atoms with van der Waals surface area (Å²) in [6.07, 6.45) is 1.29. The molecule has 2 saturated heterocycles. The number of hydrogen-bond donors (Lipinski definition) is 2. The summed E-state index contributed by atoms with van der Waals surface area (Å²) in [6, 6.07) is 5.22. The van der Waals surface area contributed by atoms with Gasteiger partial charge in [-0.1, -0.05) is 0 Å². The molecule has 0 spiro atoms. The topological polar surface area (TPSA) is 70.7 Å². The lowest BCUT2D eigenvalue weighted by molar-refractivity contribution is -0.140. The Morgan fingerprint density at radius 3 is 2.50 bits per heavy atom. The summed E-state index contributed by atoms with van der Waals surface area (Å²) in [6.45, 7) is 4.44. The predicted molar refractivity (Wildman–Crippen MR) is 97.9 cm³/mol. The van der Waals surface area contributed by atoms with Crippen LogP contribution in [0.3, 0.4) is 0 Å². The summed E-state index contributed by atoms with van der Waals surface area (Å²) in [7, 11) is 0. The van der Waals surface area contributed by atoms with Crippen molar-refractivity contribution in [1.82, 2.24) is 15.5 Å². The third kappa shape index (κ3) is 4.93. The van der Waals surface area contributed by atoms with Crippen LogP contribution in [0.1, 0.15) is 30.1 Å². The quantitative estimate of drug-likeness (QED) is 0.824. The fourth-order valence-electron chi connectivity index (χ4n) is 3.32. The van der Waals surface area contributed by atoms with Crippen LogP contribution < -0.4 is 10.6 Å². The number of nitrogens with one attached hydrogen (secondary N) is 2. The van der Waals surface area contributed by atoms with E-state index in [1.54, 1.807) is 0 Å². The van der Waals surface area contributed by atoms with E-state index in [1.165, 1.54) is 24.3 Å². The van der Waals surface area contributed by atoms with Gasteiger partial charge in [0.1, 0.15) is 11.9 Å². The average molecular weight is 386 g/mol. The maximum atomic E-state index is 12.9. The lowest BCUT2D eigenvalue weighted by Crippen LogP contribution is -2.58. The molecule has 6 nitrogen and oxygen atoms in total. The second-order valence-corrected chi connectivity index (χ2v) is 6.59. The van der Waals surface area contributed by atoms with Gasteiger partial charge in [-0.05, 0) is 44.0 Å². The van der Waals surface area contributed by atoms with Gasteiger partial charge in [0.25, 0.3) is 5.91 Å². The highest BCUT2D eigenvalue weighted by Gasteiger charge is 2.33. The summed E-state index contributed by atoms with van der Waals surface area (Å²) >= 11 is 0. The van der Waals surface area contributed by atoms with E-state index in [0.717, 1.165) is 0 Å². The largest absolute Gasteiger partial charge is 0.375 e. The second kappa shape index (κ2) is 9.30. The molecular weight excluding hydrogens is 361 g/mol. The molecule has 2 aliphatic rings. The summed E-state index contributed by atoms with van der Waals surface area (Å²) in [5, 5.41) is 6.18. The zero-order valence-corrected chi connectivity index (χ0v) is 15.6. The van der Waals surface area contributed by atoms with Gasteiger partial charge in [0.05, 0.1) is 12.7 Å². The number of hydrogen-bond acceptors (Lipinski definition) is 4. The van der Waals surface area contributed by atoms with Gasteiger partial charge in [0.15, 0.2) is 0 Å². The van der Waals surface area contributed by atoms with Crippen molar-refractivity contribution < 1.29 is 18.7 Å². The van der Waals surface area contributed by atoms with E-state index in [4.69, 9.17) is 4.74 Å². The number of ether oxygens (including phenoxy) is 1. The third-order valence-corrected chi connectivity index (χ3v) is 4.83. The number of carbonyl (C=O) groups excluding carboxylic acids is 2. The van der Waals surface area contributed by atoms with Crippen molar-refractivity contribution in [1.29, 1.82) is 0 Å². The van der Waals surface area contributed by atoms with Crippen LogP contribution in [0.4, 0.5) is 4.39 Å². The zero-order valence-electron chi connectivity index (χ0n) is 14.7. The number of morpholine rings is 1. The predicted octanol–water partition coefficient (Wildman–Crippen LogP) is 1.35. The molecule has 2 fully saturated rings. The molecule has 2 amide bonds. The fourth-order valence-corrected chi connectivity index (χ4v) is 3.32. The van der Waals surface area contributed by atoms with Gasteiger partial charge in [0.2, 0.25) is 5.91 Å². The summed E-state index contributed by atoms with van der Waals surface area (Å²) in [4.78, 5) is 26.6. The minimum Gasteiger partial charge on any atom is -0.375 e. The van der Waals surface area contributed by atoms with Gasteiger partial charge in [-0.3, -0.25) is 9.59 Å². The standard InChI is InChI=1S/C18H24FN3O3.ClH/c1-12-16(20-8-11-25-12)18(24)22-9-6-15(7-10-22)21-17(23)13-2-4-14(19)5-3-13;/h2-5,12,15-16,20H,6-11H2,1H3,(H,21,23);1H/t12-,16+;/m1./s1. The Hall–Kier alpha value is -1.70. The van der Waals surface area contributed by atoms with Crippen LogP contribution in [-0.4, -0.2) is 61.1 Å². The average Bonchev–Trinajstić information content (AvgIpc) is 2.63. The lowest BCUT2D eigenvalue weighted by Gasteiger charge is -2.37. The molecule has 144 valence electrons. The van der Waals surface area contributed by atoms with Crippen LogP contribution in [0, 0.1) is 5.82 Å². The minimum absolute atomic E-state index is 0. The van der Waals surface area contributed by atoms with Crippen LogP contribution in [0.2, 0.25) is 0 Å². The van der Waals surface area contributed by atoms with Crippen molar-refractivity contribution in [3.8, 4) is 0 Å². The first-order valence-corrected chi connectivity index (χ1v) is 8.75. The highest BCUT2D eigenvalue weighted by atomic mass is 35.5. The van der Waals surface area contributed by atoms with E-state index in [9.17, 15) is 14.0 Å². The van der Waals surface area contributed by atoms with Gasteiger partial charge >= 0.3 is 0 Å². The molecule has 8 heteroatoms. The molecule has 2 atom stereocenters. The van der Waals surface area contributed by atoms with Crippen molar-refractivity contribution in [3.63, 3.8) is 0 Å². The summed E-state index contributed by atoms with van der Waals surface area (Å²) < 4.78 is 18.5. The van der Waals surface area contributed by atoms with E-state index in [0.29, 0.717) is 44.6 Å². The maximum absolute atomic E-state index is 12.9. The van der Waals surface area contributed by atoms with Crippen molar-refractivity contribution in [3.05, 3.63) is 35.6 Å². The fraction of sp³-hybridized carbons (Fsp3) is 0.556. The van der Waals surface area contributed by atoms with Gasteiger partial charge < -0.3 is 20.3 Å². The Bertz CT molecular complexity index is 621. The van der Waals surface area contributed by atoms with E-state index in [-0.39, 0.29) is 48.2 Å². The number of amides is 2. The minimum atomic E-state index is -0.363. The molecule has 0 aromatic heterocycles. The smallest absolute Gasteiger partial charge is 0.251 e. The number of nitrogens with zero attached hydrogens (tertiary/aromatic N) is 1. The number of piperidine rings is 1.